The van der Waals surface area contributed by atoms with Crippen LogP contribution in [0.1, 0.15) is 16.9 Å². The van der Waals surface area contributed by atoms with Crippen molar-refractivity contribution in [2.24, 2.45) is 0 Å². The number of nitrogens with one attached hydrogen (secondary N) is 1. The number of aromatic nitrogens is 1. The lowest BCUT2D eigenvalue weighted by atomic mass is 10.1. The maximum absolute atomic E-state index is 12.4. The first kappa shape index (κ1) is 18.2. The highest BCUT2D eigenvalue weighted by molar-refractivity contribution is 5.94. The minimum absolute atomic E-state index is 0.193. The Bertz CT molecular complexity index is 779. The van der Waals surface area contributed by atoms with E-state index in [0.29, 0.717) is 11.3 Å². The van der Waals surface area contributed by atoms with E-state index in [2.05, 4.69) is 10.5 Å². The topological polar surface area (TPSA) is 81.4 Å². The summed E-state index contributed by atoms with van der Waals surface area (Å²) in [7, 11) is 0. The van der Waals surface area contributed by atoms with Crippen molar-refractivity contribution in [3.05, 3.63) is 53.3 Å². The van der Waals surface area contributed by atoms with Crippen LogP contribution >= 0.6 is 0 Å². The Morgan fingerprint density at radius 3 is 2.52 bits per heavy atom. The number of amides is 1. The van der Waals surface area contributed by atoms with Gasteiger partial charge in [0.25, 0.3) is 5.91 Å². The average molecular weight is 354 g/mol. The van der Waals surface area contributed by atoms with Gasteiger partial charge in [-0.25, -0.2) is 4.79 Å². The van der Waals surface area contributed by atoms with E-state index in [4.69, 9.17) is 9.26 Å². The molecule has 25 heavy (non-hydrogen) atoms. The standard InChI is InChI=1S/C16H13F3N2O4/c1-10-8-13(21-25-10)20-14(22)9-24-15(23)7-4-11-2-5-12(6-3-11)16(17,18)19/h2-8H,9H2,1H3,(H,20,21,22)/b7-4+. The number of halogens is 3. The first-order valence-electron chi connectivity index (χ1n) is 6.99. The molecule has 6 nitrogen and oxygen atoms in total. The molecule has 1 aromatic carbocycles. The summed E-state index contributed by atoms with van der Waals surface area (Å²) in [5, 5.41) is 5.90. The predicted octanol–water partition coefficient (Wildman–Crippen LogP) is 3.20. The molecule has 0 aliphatic heterocycles. The molecule has 1 N–H and O–H groups in total. The predicted molar refractivity (Wildman–Crippen MR) is 81.3 cm³/mol. The average Bonchev–Trinajstić information content (AvgIpc) is 2.95. The van der Waals surface area contributed by atoms with Crippen molar-refractivity contribution in [2.45, 2.75) is 13.1 Å². The molecule has 2 aromatic rings. The zero-order valence-electron chi connectivity index (χ0n) is 13.0. The summed E-state index contributed by atoms with van der Waals surface area (Å²) in [5.74, 6) is -0.721. The zero-order chi connectivity index (χ0) is 18.4. The number of esters is 1. The molecule has 0 saturated carbocycles. The van der Waals surface area contributed by atoms with Gasteiger partial charge in [0.1, 0.15) is 5.76 Å². The van der Waals surface area contributed by atoms with Gasteiger partial charge in [0.2, 0.25) is 0 Å². The van der Waals surface area contributed by atoms with E-state index in [-0.39, 0.29) is 5.82 Å². The number of hydrogen-bond acceptors (Lipinski definition) is 5. The van der Waals surface area contributed by atoms with Gasteiger partial charge in [0.15, 0.2) is 12.4 Å². The third-order valence-electron chi connectivity index (χ3n) is 2.89. The molecule has 9 heteroatoms. The fraction of sp³-hybridized carbons (Fsp3) is 0.188. The van der Waals surface area contributed by atoms with Crippen LogP contribution in [0.25, 0.3) is 6.08 Å². The van der Waals surface area contributed by atoms with Crippen molar-refractivity contribution in [3.63, 3.8) is 0 Å². The fourth-order valence-electron chi connectivity index (χ4n) is 1.74. The van der Waals surface area contributed by atoms with E-state index in [1.165, 1.54) is 24.3 Å². The Hall–Kier alpha value is -3.10. The maximum Gasteiger partial charge on any atom is 0.416 e. The van der Waals surface area contributed by atoms with Crippen molar-refractivity contribution in [2.75, 3.05) is 11.9 Å². The SMILES string of the molecule is Cc1cc(NC(=O)COC(=O)/C=C/c2ccc(C(F)(F)F)cc2)no1. The lowest BCUT2D eigenvalue weighted by Crippen LogP contribution is -2.20. The monoisotopic (exact) mass is 354 g/mol. The van der Waals surface area contributed by atoms with Crippen LogP contribution < -0.4 is 5.32 Å². The quantitative estimate of drug-likeness (QED) is 0.659. The van der Waals surface area contributed by atoms with Crippen LogP contribution in [0.2, 0.25) is 0 Å². The van der Waals surface area contributed by atoms with Crippen LogP contribution in [-0.4, -0.2) is 23.6 Å². The van der Waals surface area contributed by atoms with Gasteiger partial charge in [-0.15, -0.1) is 0 Å². The summed E-state index contributed by atoms with van der Waals surface area (Å²) >= 11 is 0. The normalized spacial score (nSPS) is 11.5. The van der Waals surface area contributed by atoms with Gasteiger partial charge in [-0.2, -0.15) is 13.2 Å². The number of aryl methyl sites for hydroxylation is 1. The first-order valence-corrected chi connectivity index (χ1v) is 6.99. The molecule has 0 spiro atoms. The zero-order valence-corrected chi connectivity index (χ0v) is 13.0. The number of rotatable bonds is 5. The van der Waals surface area contributed by atoms with Crippen molar-refractivity contribution >= 4 is 23.8 Å². The van der Waals surface area contributed by atoms with Gasteiger partial charge in [-0.1, -0.05) is 17.3 Å². The van der Waals surface area contributed by atoms with E-state index in [9.17, 15) is 22.8 Å². The Kier molecular flexibility index (Phi) is 5.58. The number of hydrogen-bond donors (Lipinski definition) is 1. The van der Waals surface area contributed by atoms with Gasteiger partial charge in [-0.3, -0.25) is 4.79 Å². The second-order valence-corrected chi connectivity index (χ2v) is 4.93. The Morgan fingerprint density at radius 2 is 1.96 bits per heavy atom. The van der Waals surface area contributed by atoms with Crippen LogP contribution in [-0.2, 0) is 20.5 Å². The molecule has 0 aliphatic rings. The lowest BCUT2D eigenvalue weighted by Gasteiger charge is -2.05. The van der Waals surface area contributed by atoms with E-state index in [0.717, 1.165) is 18.2 Å². The second-order valence-electron chi connectivity index (χ2n) is 4.93. The Balaban J connectivity index is 1.81. The van der Waals surface area contributed by atoms with Gasteiger partial charge in [-0.05, 0) is 30.7 Å². The first-order chi connectivity index (χ1) is 11.7. The molecular formula is C16H13F3N2O4. The van der Waals surface area contributed by atoms with Gasteiger partial charge in [0, 0.05) is 12.1 Å². The van der Waals surface area contributed by atoms with Crippen molar-refractivity contribution in [3.8, 4) is 0 Å². The van der Waals surface area contributed by atoms with E-state index < -0.39 is 30.2 Å². The van der Waals surface area contributed by atoms with Crippen LogP contribution in [0.5, 0.6) is 0 Å². The number of alkyl halides is 3. The molecule has 0 radical (unpaired) electrons. The number of carbonyl (C=O) groups excluding carboxylic acids is 2. The van der Waals surface area contributed by atoms with E-state index in [1.54, 1.807) is 6.92 Å². The summed E-state index contributed by atoms with van der Waals surface area (Å²) in [6.07, 6.45) is -2.13. The van der Waals surface area contributed by atoms with Gasteiger partial charge >= 0.3 is 12.1 Å². The maximum atomic E-state index is 12.4. The lowest BCUT2D eigenvalue weighted by molar-refractivity contribution is -0.142. The summed E-state index contributed by atoms with van der Waals surface area (Å²) in [6.45, 7) is 1.11. The number of anilines is 1. The summed E-state index contributed by atoms with van der Waals surface area (Å²) in [4.78, 5) is 23.0. The largest absolute Gasteiger partial charge is 0.452 e. The smallest absolute Gasteiger partial charge is 0.416 e. The molecular weight excluding hydrogens is 341 g/mol. The van der Waals surface area contributed by atoms with Crippen molar-refractivity contribution in [1.29, 1.82) is 0 Å². The molecule has 0 bridgehead atoms. The van der Waals surface area contributed by atoms with Crippen LogP contribution in [0, 0.1) is 6.92 Å². The third kappa shape index (κ3) is 5.79. The molecule has 0 atom stereocenters. The number of carbonyl (C=O) groups is 2. The number of nitrogens with zero attached hydrogens (tertiary/aromatic N) is 1. The summed E-state index contributed by atoms with van der Waals surface area (Å²) in [6, 6.07) is 5.72. The molecule has 0 unspecified atom stereocenters. The minimum atomic E-state index is -4.42. The molecule has 0 aliphatic carbocycles. The van der Waals surface area contributed by atoms with Crippen LogP contribution in [0.3, 0.4) is 0 Å². The molecule has 1 aromatic heterocycles. The molecule has 0 fully saturated rings. The Morgan fingerprint density at radius 1 is 1.28 bits per heavy atom. The minimum Gasteiger partial charge on any atom is -0.452 e. The molecule has 132 valence electrons. The highest BCUT2D eigenvalue weighted by Crippen LogP contribution is 2.29. The highest BCUT2D eigenvalue weighted by Gasteiger charge is 2.29. The van der Waals surface area contributed by atoms with Gasteiger partial charge < -0.3 is 14.6 Å². The fourth-order valence-corrected chi connectivity index (χ4v) is 1.74. The van der Waals surface area contributed by atoms with Crippen LogP contribution in [0.15, 0.2) is 40.9 Å². The highest BCUT2D eigenvalue weighted by atomic mass is 19.4. The van der Waals surface area contributed by atoms with E-state index >= 15 is 0 Å². The van der Waals surface area contributed by atoms with Gasteiger partial charge in [0.05, 0.1) is 5.56 Å². The third-order valence-corrected chi connectivity index (χ3v) is 2.89. The van der Waals surface area contributed by atoms with Crippen LogP contribution in [0.4, 0.5) is 19.0 Å². The summed E-state index contributed by atoms with van der Waals surface area (Å²) in [5.41, 5.74) is -0.403. The van der Waals surface area contributed by atoms with E-state index in [1.807, 2.05) is 0 Å². The number of benzene rings is 1. The second kappa shape index (κ2) is 7.65. The summed E-state index contributed by atoms with van der Waals surface area (Å²) < 4.78 is 46.7. The molecule has 1 heterocycles. The Labute approximate surface area is 140 Å². The number of ether oxygens (including phenoxy) is 1. The molecule has 2 rings (SSSR count). The van der Waals surface area contributed by atoms with Crippen molar-refractivity contribution < 1.29 is 32.0 Å². The molecule has 0 saturated heterocycles. The molecule has 1 amide bonds. The van der Waals surface area contributed by atoms with Crippen molar-refractivity contribution in [1.82, 2.24) is 5.16 Å².